The molecule has 1 saturated heterocycles. The van der Waals surface area contributed by atoms with Crippen LogP contribution in [0.2, 0.25) is 0 Å². The van der Waals surface area contributed by atoms with Gasteiger partial charge < -0.3 is 15.5 Å². The number of carbonyl (C=O) groups is 1. The van der Waals surface area contributed by atoms with Gasteiger partial charge >= 0.3 is 0 Å². The number of halogens is 1. The Hall–Kier alpha value is -1.35. The molecule has 2 N–H and O–H groups in total. The SMILES string of the molecule is CCN1CCCC1CNC(=NCc1ccc(C)cc1C)NCC(=O)N(C)C.I. The lowest BCUT2D eigenvalue weighted by Gasteiger charge is -2.24. The number of carbonyl (C=O) groups excluding carboxylic acids is 1. The van der Waals surface area contributed by atoms with E-state index >= 15 is 0 Å². The van der Waals surface area contributed by atoms with Gasteiger partial charge in [0, 0.05) is 26.7 Å². The number of likely N-dealkylation sites (tertiary alicyclic amines) is 1. The van der Waals surface area contributed by atoms with E-state index in [4.69, 9.17) is 4.99 Å². The molecule has 158 valence electrons. The van der Waals surface area contributed by atoms with Gasteiger partial charge in [0.2, 0.25) is 5.91 Å². The molecule has 1 amide bonds. The van der Waals surface area contributed by atoms with Crippen molar-refractivity contribution in [2.45, 2.75) is 46.2 Å². The molecule has 1 fully saturated rings. The van der Waals surface area contributed by atoms with Crippen molar-refractivity contribution in [1.82, 2.24) is 20.4 Å². The molecule has 1 aliphatic heterocycles. The molecular formula is C21H36IN5O. The number of nitrogens with zero attached hydrogens (tertiary/aromatic N) is 3. The zero-order valence-corrected chi connectivity index (χ0v) is 20.2. The molecule has 0 saturated carbocycles. The largest absolute Gasteiger partial charge is 0.355 e. The summed E-state index contributed by atoms with van der Waals surface area (Å²) in [4.78, 5) is 20.8. The highest BCUT2D eigenvalue weighted by molar-refractivity contribution is 14.0. The second kappa shape index (κ2) is 12.3. The maximum absolute atomic E-state index is 11.9. The van der Waals surface area contributed by atoms with Gasteiger partial charge in [-0.1, -0.05) is 30.7 Å². The molecule has 0 radical (unpaired) electrons. The minimum Gasteiger partial charge on any atom is -0.355 e. The Balaban J connectivity index is 0.00000392. The maximum atomic E-state index is 11.9. The first-order valence-corrected chi connectivity index (χ1v) is 9.93. The van der Waals surface area contributed by atoms with Crippen LogP contribution in [0.4, 0.5) is 0 Å². The minimum atomic E-state index is 0. The molecule has 1 aromatic carbocycles. The monoisotopic (exact) mass is 501 g/mol. The van der Waals surface area contributed by atoms with Crippen molar-refractivity contribution in [3.05, 3.63) is 34.9 Å². The molecule has 0 aromatic heterocycles. The third-order valence-corrected chi connectivity index (χ3v) is 5.22. The summed E-state index contributed by atoms with van der Waals surface area (Å²) in [6, 6.07) is 6.96. The molecule has 0 spiro atoms. The predicted octanol–water partition coefficient (Wildman–Crippen LogP) is 2.53. The summed E-state index contributed by atoms with van der Waals surface area (Å²) in [7, 11) is 3.53. The van der Waals surface area contributed by atoms with Crippen LogP contribution in [-0.2, 0) is 11.3 Å². The number of rotatable bonds is 7. The summed E-state index contributed by atoms with van der Waals surface area (Å²) >= 11 is 0. The van der Waals surface area contributed by atoms with Crippen LogP contribution in [-0.4, -0.2) is 68.0 Å². The van der Waals surface area contributed by atoms with E-state index in [0.717, 1.165) is 13.1 Å². The van der Waals surface area contributed by atoms with Gasteiger partial charge in [0.25, 0.3) is 0 Å². The van der Waals surface area contributed by atoms with Crippen molar-refractivity contribution in [1.29, 1.82) is 0 Å². The molecule has 0 aliphatic carbocycles. The van der Waals surface area contributed by atoms with Gasteiger partial charge in [0.05, 0.1) is 13.1 Å². The highest BCUT2D eigenvalue weighted by Crippen LogP contribution is 2.15. The Morgan fingerprint density at radius 2 is 2.04 bits per heavy atom. The predicted molar refractivity (Wildman–Crippen MR) is 127 cm³/mol. The van der Waals surface area contributed by atoms with Gasteiger partial charge in [-0.3, -0.25) is 9.69 Å². The second-order valence-electron chi connectivity index (χ2n) is 7.54. The van der Waals surface area contributed by atoms with E-state index in [1.165, 1.54) is 36.1 Å². The summed E-state index contributed by atoms with van der Waals surface area (Å²) in [5.41, 5.74) is 3.71. The molecule has 1 atom stereocenters. The van der Waals surface area contributed by atoms with Crippen LogP contribution in [0.25, 0.3) is 0 Å². The molecule has 6 nitrogen and oxygen atoms in total. The average Bonchev–Trinajstić information content (AvgIpc) is 3.09. The van der Waals surface area contributed by atoms with Gasteiger partial charge in [0.15, 0.2) is 5.96 Å². The number of amides is 1. The maximum Gasteiger partial charge on any atom is 0.241 e. The van der Waals surface area contributed by atoms with Crippen molar-refractivity contribution < 1.29 is 4.79 Å². The number of hydrogen-bond acceptors (Lipinski definition) is 3. The third kappa shape index (κ3) is 7.58. The summed E-state index contributed by atoms with van der Waals surface area (Å²) in [5.74, 6) is 0.736. The van der Waals surface area contributed by atoms with Crippen molar-refractivity contribution in [3.63, 3.8) is 0 Å². The van der Waals surface area contributed by atoms with E-state index < -0.39 is 0 Å². The van der Waals surface area contributed by atoms with Crippen LogP contribution in [0.3, 0.4) is 0 Å². The Labute approximate surface area is 187 Å². The smallest absolute Gasteiger partial charge is 0.241 e. The molecule has 1 unspecified atom stereocenters. The van der Waals surface area contributed by atoms with E-state index in [1.807, 2.05) is 0 Å². The lowest BCUT2D eigenvalue weighted by molar-refractivity contribution is -0.127. The van der Waals surface area contributed by atoms with Gasteiger partial charge in [-0.25, -0.2) is 4.99 Å². The van der Waals surface area contributed by atoms with Crippen LogP contribution >= 0.6 is 24.0 Å². The lowest BCUT2D eigenvalue weighted by Crippen LogP contribution is -2.47. The average molecular weight is 501 g/mol. The fourth-order valence-electron chi connectivity index (χ4n) is 3.44. The van der Waals surface area contributed by atoms with Crippen LogP contribution in [0.5, 0.6) is 0 Å². The zero-order valence-electron chi connectivity index (χ0n) is 17.9. The van der Waals surface area contributed by atoms with Gasteiger partial charge in [0.1, 0.15) is 0 Å². The van der Waals surface area contributed by atoms with E-state index in [1.54, 1.807) is 19.0 Å². The van der Waals surface area contributed by atoms with E-state index in [9.17, 15) is 4.79 Å². The molecule has 1 aliphatic rings. The quantitative estimate of drug-likeness (QED) is 0.343. The zero-order chi connectivity index (χ0) is 19.8. The highest BCUT2D eigenvalue weighted by atomic mass is 127. The molecule has 7 heteroatoms. The van der Waals surface area contributed by atoms with Crippen molar-refractivity contribution in [2.24, 2.45) is 4.99 Å². The summed E-state index contributed by atoms with van der Waals surface area (Å²) in [6.07, 6.45) is 2.46. The van der Waals surface area contributed by atoms with Gasteiger partial charge in [-0.2, -0.15) is 0 Å². The number of likely N-dealkylation sites (N-methyl/N-ethyl adjacent to an activating group) is 2. The highest BCUT2D eigenvalue weighted by Gasteiger charge is 2.22. The van der Waals surface area contributed by atoms with Gasteiger partial charge in [-0.15, -0.1) is 24.0 Å². The van der Waals surface area contributed by atoms with E-state index in [2.05, 4.69) is 54.5 Å². The number of aliphatic imine (C=N–C) groups is 1. The van der Waals surface area contributed by atoms with E-state index in [0.29, 0.717) is 18.5 Å². The van der Waals surface area contributed by atoms with Crippen LogP contribution in [0.15, 0.2) is 23.2 Å². The number of aryl methyl sites for hydroxylation is 2. The molecule has 0 bridgehead atoms. The Morgan fingerprint density at radius 3 is 2.68 bits per heavy atom. The fourth-order valence-corrected chi connectivity index (χ4v) is 3.44. The second-order valence-corrected chi connectivity index (χ2v) is 7.54. The minimum absolute atomic E-state index is 0. The normalized spacial score (nSPS) is 17.2. The first-order chi connectivity index (χ1) is 12.9. The topological polar surface area (TPSA) is 60.0 Å². The van der Waals surface area contributed by atoms with Crippen molar-refractivity contribution in [2.75, 3.05) is 40.3 Å². The lowest BCUT2D eigenvalue weighted by atomic mass is 10.1. The Morgan fingerprint density at radius 1 is 1.29 bits per heavy atom. The Bertz CT molecular complexity index is 662. The molecule has 28 heavy (non-hydrogen) atoms. The number of nitrogens with one attached hydrogen (secondary N) is 2. The van der Waals surface area contributed by atoms with Crippen LogP contribution < -0.4 is 10.6 Å². The summed E-state index contributed by atoms with van der Waals surface area (Å²) < 4.78 is 0. The molecule has 2 rings (SSSR count). The van der Waals surface area contributed by atoms with Crippen LogP contribution in [0.1, 0.15) is 36.5 Å². The van der Waals surface area contributed by atoms with Crippen LogP contribution in [0, 0.1) is 13.8 Å². The van der Waals surface area contributed by atoms with E-state index in [-0.39, 0.29) is 36.4 Å². The third-order valence-electron chi connectivity index (χ3n) is 5.22. The molecular weight excluding hydrogens is 465 g/mol. The number of benzene rings is 1. The molecule has 1 aromatic rings. The number of hydrogen-bond donors (Lipinski definition) is 2. The molecule has 1 heterocycles. The summed E-state index contributed by atoms with van der Waals surface area (Å²) in [5, 5.41) is 6.64. The fraction of sp³-hybridized carbons (Fsp3) is 0.619. The Kier molecular flexibility index (Phi) is 10.8. The first-order valence-electron chi connectivity index (χ1n) is 9.93. The first kappa shape index (κ1) is 24.7. The summed E-state index contributed by atoms with van der Waals surface area (Å²) in [6.45, 7) is 10.4. The van der Waals surface area contributed by atoms with Crippen molar-refractivity contribution in [3.8, 4) is 0 Å². The standard InChI is InChI=1S/C21H35N5O.HI/c1-6-26-11-7-8-19(26)14-23-21(24-15-20(27)25(4)5)22-13-18-10-9-16(2)12-17(18)3;/h9-10,12,19H,6-8,11,13-15H2,1-5H3,(H2,22,23,24);1H. The van der Waals surface area contributed by atoms with Gasteiger partial charge in [-0.05, 0) is 50.9 Å². The van der Waals surface area contributed by atoms with Crippen molar-refractivity contribution >= 4 is 35.8 Å². The number of guanidine groups is 1.